The first-order valence-electron chi connectivity index (χ1n) is 14.1. The zero-order chi connectivity index (χ0) is 28.1. The summed E-state index contributed by atoms with van der Waals surface area (Å²) in [5, 5.41) is 2.35. The molecule has 1 heterocycles. The topological polar surface area (TPSA) is 55.4 Å². The summed E-state index contributed by atoms with van der Waals surface area (Å²) in [5.74, 6) is 0.0817. The van der Waals surface area contributed by atoms with Crippen molar-refractivity contribution < 1.29 is 28.1 Å². The molecule has 3 aromatic carbocycles. The molecule has 1 aliphatic carbocycles. The molecule has 1 aliphatic heterocycles. The molecule has 6 nitrogen and oxygen atoms in total. The highest BCUT2D eigenvalue weighted by molar-refractivity contribution is 6.99. The van der Waals surface area contributed by atoms with Crippen LogP contribution in [0.2, 0.25) is 5.04 Å². The van der Waals surface area contributed by atoms with E-state index in [1.54, 1.807) is 7.11 Å². The molecule has 1 saturated carbocycles. The monoisotopic (exact) mass is 562 g/mol. The first-order valence-corrected chi connectivity index (χ1v) is 16.0. The van der Waals surface area contributed by atoms with E-state index in [4.69, 9.17) is 28.1 Å². The molecule has 0 N–H and O–H groups in total. The van der Waals surface area contributed by atoms with E-state index < -0.39 is 13.9 Å². The van der Waals surface area contributed by atoms with Crippen LogP contribution in [0.3, 0.4) is 0 Å². The Labute approximate surface area is 239 Å². The number of hydrogen-bond donors (Lipinski definition) is 0. The summed E-state index contributed by atoms with van der Waals surface area (Å²) < 4.78 is 37.6. The van der Waals surface area contributed by atoms with Crippen LogP contribution in [0, 0.1) is 5.92 Å². The molecular formula is C33H42O6Si. The molecule has 0 spiro atoms. The van der Waals surface area contributed by atoms with Gasteiger partial charge in [0.2, 0.25) is 0 Å². The first-order chi connectivity index (χ1) is 19.4. The molecule has 0 amide bonds. The zero-order valence-corrected chi connectivity index (χ0v) is 25.1. The highest BCUT2D eigenvalue weighted by atomic mass is 28.4. The van der Waals surface area contributed by atoms with Crippen molar-refractivity contribution in [3.63, 3.8) is 0 Å². The van der Waals surface area contributed by atoms with Crippen molar-refractivity contribution in [2.75, 3.05) is 33.9 Å². The molecule has 4 unspecified atom stereocenters. The highest BCUT2D eigenvalue weighted by Crippen LogP contribution is 2.49. The summed E-state index contributed by atoms with van der Waals surface area (Å²) in [4.78, 5) is 0. The van der Waals surface area contributed by atoms with Crippen LogP contribution in [0.5, 0.6) is 0 Å². The average Bonchev–Trinajstić information content (AvgIpc) is 3.47. The number of hydrogen-bond acceptors (Lipinski definition) is 6. The maximum Gasteiger partial charge on any atom is 0.261 e. The van der Waals surface area contributed by atoms with E-state index in [9.17, 15) is 0 Å². The summed E-state index contributed by atoms with van der Waals surface area (Å²) in [6.07, 6.45) is 0.446. The van der Waals surface area contributed by atoms with Crippen LogP contribution >= 0.6 is 0 Å². The predicted octanol–water partition coefficient (Wildman–Crippen LogP) is 4.90. The first kappa shape index (κ1) is 29.1. The molecule has 2 aliphatic rings. The minimum Gasteiger partial charge on any atom is -0.404 e. The van der Waals surface area contributed by atoms with Gasteiger partial charge in [-0.1, -0.05) is 112 Å². The second-order valence-corrected chi connectivity index (χ2v) is 16.2. The van der Waals surface area contributed by atoms with Gasteiger partial charge in [-0.25, -0.2) is 0 Å². The smallest absolute Gasteiger partial charge is 0.261 e. The van der Waals surface area contributed by atoms with Gasteiger partial charge in [-0.3, -0.25) is 0 Å². The van der Waals surface area contributed by atoms with Gasteiger partial charge in [0.05, 0.1) is 32.0 Å². The lowest BCUT2D eigenvalue weighted by Crippen LogP contribution is -2.68. The molecule has 4 atom stereocenters. The van der Waals surface area contributed by atoms with Crippen LogP contribution in [-0.4, -0.2) is 60.0 Å². The van der Waals surface area contributed by atoms with Crippen molar-refractivity contribution in [3.05, 3.63) is 96.6 Å². The van der Waals surface area contributed by atoms with E-state index in [1.807, 2.05) is 18.2 Å². The molecule has 40 heavy (non-hydrogen) atoms. The Bertz CT molecular complexity index is 1150. The standard InChI is InChI=1S/C33H42O6Si/c1-32(2,3)40(27-16-10-6-11-17-27,28-18-12-7-13-19-28)39-23-33-20-30(36-24-34-4)29(22-38-33)31(33)37-25-35-21-26-14-8-5-9-15-26/h5-19,29-31H,20-25H2,1-4H3. The van der Waals surface area contributed by atoms with E-state index in [1.165, 1.54) is 10.4 Å². The number of ether oxygens (including phenoxy) is 5. The van der Waals surface area contributed by atoms with Gasteiger partial charge in [-0.2, -0.15) is 0 Å². The third-order valence-corrected chi connectivity index (χ3v) is 13.3. The van der Waals surface area contributed by atoms with Gasteiger partial charge in [0.15, 0.2) is 0 Å². The van der Waals surface area contributed by atoms with Crippen LogP contribution in [0.25, 0.3) is 0 Å². The molecule has 3 aromatic rings. The molecule has 2 bridgehead atoms. The van der Waals surface area contributed by atoms with Gasteiger partial charge in [0.25, 0.3) is 8.32 Å². The summed E-state index contributed by atoms with van der Waals surface area (Å²) in [5.41, 5.74) is 0.481. The summed E-state index contributed by atoms with van der Waals surface area (Å²) >= 11 is 0. The van der Waals surface area contributed by atoms with E-state index in [0.29, 0.717) is 26.2 Å². The second kappa shape index (κ2) is 12.7. The fraction of sp³-hybridized carbons (Fsp3) is 0.455. The van der Waals surface area contributed by atoms with Crippen molar-refractivity contribution in [1.29, 1.82) is 0 Å². The predicted molar refractivity (Wildman–Crippen MR) is 158 cm³/mol. The van der Waals surface area contributed by atoms with Crippen LogP contribution in [0.15, 0.2) is 91.0 Å². The van der Waals surface area contributed by atoms with Crippen molar-refractivity contribution >= 4 is 18.7 Å². The maximum absolute atomic E-state index is 7.34. The van der Waals surface area contributed by atoms with Crippen molar-refractivity contribution in [3.8, 4) is 0 Å². The van der Waals surface area contributed by atoms with Gasteiger partial charge in [0.1, 0.15) is 19.2 Å². The van der Waals surface area contributed by atoms with Crippen LogP contribution in [-0.2, 0) is 34.7 Å². The lowest BCUT2D eigenvalue weighted by molar-refractivity contribution is -0.155. The van der Waals surface area contributed by atoms with E-state index in [2.05, 4.69) is 93.6 Å². The van der Waals surface area contributed by atoms with Gasteiger partial charge >= 0.3 is 0 Å². The molecule has 214 valence electrons. The Morgan fingerprint density at radius 1 is 0.825 bits per heavy atom. The normalized spacial score (nSPS) is 24.4. The van der Waals surface area contributed by atoms with Crippen molar-refractivity contribution in [2.24, 2.45) is 5.92 Å². The molecule has 0 radical (unpaired) electrons. The van der Waals surface area contributed by atoms with E-state index in [-0.39, 0.29) is 36.7 Å². The van der Waals surface area contributed by atoms with Gasteiger partial charge < -0.3 is 28.1 Å². The molecule has 5 rings (SSSR count). The Morgan fingerprint density at radius 3 is 2.00 bits per heavy atom. The summed E-state index contributed by atoms with van der Waals surface area (Å²) in [7, 11) is -1.10. The Morgan fingerprint density at radius 2 is 1.43 bits per heavy atom. The van der Waals surface area contributed by atoms with E-state index >= 15 is 0 Å². The lowest BCUT2D eigenvalue weighted by Gasteiger charge is -2.45. The third kappa shape index (κ3) is 5.83. The Balaban J connectivity index is 1.41. The Kier molecular flexibility index (Phi) is 9.22. The summed E-state index contributed by atoms with van der Waals surface area (Å²) in [6.45, 7) is 8.75. The Hall–Kier alpha value is -2.36. The SMILES string of the molecule is COCOC1CC2(CO[Si](c3ccccc3)(c3ccccc3)C(C)(C)C)OCC1C2OCOCc1ccccc1. The third-order valence-electron chi connectivity index (χ3n) is 8.29. The number of fused-ring (bicyclic) bond motifs is 2. The molecule has 2 fully saturated rings. The molecule has 1 saturated heterocycles. The fourth-order valence-electron chi connectivity index (χ4n) is 6.43. The molecule has 7 heteroatoms. The number of rotatable bonds is 13. The molecular weight excluding hydrogens is 520 g/mol. The highest BCUT2D eigenvalue weighted by Gasteiger charge is 2.63. The van der Waals surface area contributed by atoms with Gasteiger partial charge in [-0.05, 0) is 21.0 Å². The minimum absolute atomic E-state index is 0.0319. The van der Waals surface area contributed by atoms with Crippen molar-refractivity contribution in [1.82, 2.24) is 0 Å². The quantitative estimate of drug-likeness (QED) is 0.168. The second-order valence-electron chi connectivity index (χ2n) is 11.8. The molecule has 0 aromatic heterocycles. The fourth-order valence-corrected chi connectivity index (χ4v) is 11.1. The van der Waals surface area contributed by atoms with Crippen LogP contribution in [0.1, 0.15) is 32.8 Å². The number of benzene rings is 3. The maximum atomic E-state index is 7.34. The average molecular weight is 563 g/mol. The van der Waals surface area contributed by atoms with E-state index in [0.717, 1.165) is 5.56 Å². The largest absolute Gasteiger partial charge is 0.404 e. The van der Waals surface area contributed by atoms with Crippen molar-refractivity contribution in [2.45, 2.75) is 56.6 Å². The van der Waals surface area contributed by atoms with Crippen LogP contribution < -0.4 is 10.4 Å². The van der Waals surface area contributed by atoms with Gasteiger partial charge in [-0.15, -0.1) is 0 Å². The lowest BCUT2D eigenvalue weighted by atomic mass is 10.0. The summed E-state index contributed by atoms with van der Waals surface area (Å²) in [6, 6.07) is 31.5. The zero-order valence-electron chi connectivity index (χ0n) is 24.1. The minimum atomic E-state index is -2.75. The number of methoxy groups -OCH3 is 1. The van der Waals surface area contributed by atoms with Gasteiger partial charge in [0, 0.05) is 19.4 Å². The van der Waals surface area contributed by atoms with Crippen LogP contribution in [0.4, 0.5) is 0 Å².